The monoisotopic (exact) mass is 168 g/mol. The van der Waals surface area contributed by atoms with Gasteiger partial charge in [-0.25, -0.2) is 0 Å². The SMILES string of the molecule is C=C(C)C(=C)C(N)CCCCN. The predicted molar refractivity (Wildman–Crippen MR) is 54.8 cm³/mol. The van der Waals surface area contributed by atoms with Gasteiger partial charge in [-0.05, 0) is 31.9 Å². The number of rotatable bonds is 6. The predicted octanol–water partition coefficient (Wildman–Crippen LogP) is 1.57. The fourth-order valence-corrected chi connectivity index (χ4v) is 0.999. The van der Waals surface area contributed by atoms with Crippen molar-refractivity contribution >= 4 is 0 Å². The maximum atomic E-state index is 5.86. The Morgan fingerprint density at radius 2 is 1.92 bits per heavy atom. The summed E-state index contributed by atoms with van der Waals surface area (Å²) in [6.45, 7) is 10.4. The van der Waals surface area contributed by atoms with Crippen molar-refractivity contribution in [3.05, 3.63) is 24.3 Å². The summed E-state index contributed by atoms with van der Waals surface area (Å²) in [5.74, 6) is 0. The lowest BCUT2D eigenvalue weighted by Crippen LogP contribution is -2.22. The lowest BCUT2D eigenvalue weighted by molar-refractivity contribution is 0.622. The van der Waals surface area contributed by atoms with Crippen LogP contribution in [0.25, 0.3) is 0 Å². The molecule has 0 aromatic carbocycles. The molecule has 0 radical (unpaired) electrons. The zero-order chi connectivity index (χ0) is 9.56. The Morgan fingerprint density at radius 1 is 1.33 bits per heavy atom. The van der Waals surface area contributed by atoms with Gasteiger partial charge in [0.2, 0.25) is 0 Å². The van der Waals surface area contributed by atoms with Crippen LogP contribution in [0.4, 0.5) is 0 Å². The zero-order valence-electron chi connectivity index (χ0n) is 7.97. The zero-order valence-corrected chi connectivity index (χ0v) is 7.97. The highest BCUT2D eigenvalue weighted by molar-refractivity contribution is 5.27. The molecule has 0 saturated carbocycles. The molecule has 0 aliphatic heterocycles. The van der Waals surface area contributed by atoms with Crippen LogP contribution in [0.15, 0.2) is 24.3 Å². The molecule has 12 heavy (non-hydrogen) atoms. The normalized spacial score (nSPS) is 12.6. The minimum Gasteiger partial charge on any atom is -0.330 e. The molecule has 2 nitrogen and oxygen atoms in total. The molecule has 70 valence electrons. The highest BCUT2D eigenvalue weighted by Crippen LogP contribution is 2.12. The number of nitrogens with two attached hydrogens (primary N) is 2. The minimum atomic E-state index is 0.0639. The van der Waals surface area contributed by atoms with Crippen molar-refractivity contribution in [3.63, 3.8) is 0 Å². The van der Waals surface area contributed by atoms with E-state index in [0.717, 1.165) is 37.0 Å². The van der Waals surface area contributed by atoms with Gasteiger partial charge in [0.15, 0.2) is 0 Å². The van der Waals surface area contributed by atoms with E-state index in [1.54, 1.807) is 0 Å². The van der Waals surface area contributed by atoms with Crippen molar-refractivity contribution in [2.45, 2.75) is 32.2 Å². The Bertz CT molecular complexity index is 161. The van der Waals surface area contributed by atoms with Crippen molar-refractivity contribution in [2.75, 3.05) is 6.54 Å². The first-order valence-corrected chi connectivity index (χ1v) is 4.40. The van der Waals surface area contributed by atoms with Crippen LogP contribution >= 0.6 is 0 Å². The summed E-state index contributed by atoms with van der Waals surface area (Å²) in [7, 11) is 0. The van der Waals surface area contributed by atoms with Crippen LogP contribution in [0.3, 0.4) is 0 Å². The molecular formula is C10H20N2. The minimum absolute atomic E-state index is 0.0639. The Balaban J connectivity index is 3.64. The van der Waals surface area contributed by atoms with Gasteiger partial charge in [0.1, 0.15) is 0 Å². The van der Waals surface area contributed by atoms with Gasteiger partial charge in [-0.1, -0.05) is 25.2 Å². The largest absolute Gasteiger partial charge is 0.330 e. The van der Waals surface area contributed by atoms with E-state index in [9.17, 15) is 0 Å². The van der Waals surface area contributed by atoms with Crippen molar-refractivity contribution in [1.82, 2.24) is 0 Å². The van der Waals surface area contributed by atoms with Crippen molar-refractivity contribution in [1.29, 1.82) is 0 Å². The van der Waals surface area contributed by atoms with Crippen LogP contribution in [0.1, 0.15) is 26.2 Å². The second-order valence-electron chi connectivity index (χ2n) is 3.20. The molecule has 0 rings (SSSR count). The molecule has 1 atom stereocenters. The Hall–Kier alpha value is -0.600. The number of hydrogen-bond donors (Lipinski definition) is 2. The molecule has 0 aromatic rings. The lowest BCUT2D eigenvalue weighted by atomic mass is 9.99. The van der Waals surface area contributed by atoms with Gasteiger partial charge in [-0.2, -0.15) is 0 Å². The number of hydrogen-bond acceptors (Lipinski definition) is 2. The Labute approximate surface area is 75.3 Å². The fraction of sp³-hybridized carbons (Fsp3) is 0.600. The van der Waals surface area contributed by atoms with Crippen molar-refractivity contribution in [2.24, 2.45) is 11.5 Å². The van der Waals surface area contributed by atoms with Gasteiger partial charge < -0.3 is 11.5 Å². The smallest absolute Gasteiger partial charge is 0.0291 e. The molecule has 2 heteroatoms. The molecule has 0 aliphatic carbocycles. The van der Waals surface area contributed by atoms with Gasteiger partial charge >= 0.3 is 0 Å². The average Bonchev–Trinajstić information content (AvgIpc) is 2.03. The van der Waals surface area contributed by atoms with E-state index in [1.165, 1.54) is 0 Å². The highest BCUT2D eigenvalue weighted by atomic mass is 14.6. The standard InChI is InChI=1S/C10H20N2/c1-8(2)9(3)10(12)6-4-5-7-11/h10H,1,3-7,11-12H2,2H3. The van der Waals surface area contributed by atoms with Crippen LogP contribution in [0.2, 0.25) is 0 Å². The van der Waals surface area contributed by atoms with Crippen LogP contribution in [0, 0.1) is 0 Å². The molecule has 0 spiro atoms. The first-order chi connectivity index (χ1) is 5.59. The molecule has 0 amide bonds. The third-order valence-corrected chi connectivity index (χ3v) is 1.97. The van der Waals surface area contributed by atoms with E-state index >= 15 is 0 Å². The van der Waals surface area contributed by atoms with Gasteiger partial charge in [-0.3, -0.25) is 0 Å². The first kappa shape index (κ1) is 11.4. The van der Waals surface area contributed by atoms with Gasteiger partial charge in [-0.15, -0.1) is 0 Å². The summed E-state index contributed by atoms with van der Waals surface area (Å²) in [6, 6.07) is 0.0639. The van der Waals surface area contributed by atoms with Crippen molar-refractivity contribution in [3.8, 4) is 0 Å². The number of unbranched alkanes of at least 4 members (excludes halogenated alkanes) is 1. The third kappa shape index (κ3) is 4.31. The molecule has 0 bridgehead atoms. The molecule has 1 unspecified atom stereocenters. The summed E-state index contributed by atoms with van der Waals surface area (Å²) in [4.78, 5) is 0. The highest BCUT2D eigenvalue weighted by Gasteiger charge is 2.06. The van der Waals surface area contributed by atoms with Crippen LogP contribution in [-0.2, 0) is 0 Å². The van der Waals surface area contributed by atoms with E-state index in [0.29, 0.717) is 0 Å². The van der Waals surface area contributed by atoms with Gasteiger partial charge in [0.05, 0.1) is 0 Å². The van der Waals surface area contributed by atoms with Crippen molar-refractivity contribution < 1.29 is 0 Å². The van der Waals surface area contributed by atoms with Crippen LogP contribution in [0.5, 0.6) is 0 Å². The first-order valence-electron chi connectivity index (χ1n) is 4.40. The summed E-state index contributed by atoms with van der Waals surface area (Å²) >= 11 is 0. The molecule has 0 aliphatic rings. The summed E-state index contributed by atoms with van der Waals surface area (Å²) in [5.41, 5.74) is 13.2. The Morgan fingerprint density at radius 3 is 2.33 bits per heavy atom. The van der Waals surface area contributed by atoms with E-state index in [2.05, 4.69) is 13.2 Å². The summed E-state index contributed by atoms with van der Waals surface area (Å²) < 4.78 is 0. The van der Waals surface area contributed by atoms with Gasteiger partial charge in [0.25, 0.3) is 0 Å². The maximum absolute atomic E-state index is 5.86. The van der Waals surface area contributed by atoms with E-state index in [1.807, 2.05) is 6.92 Å². The van der Waals surface area contributed by atoms with E-state index < -0.39 is 0 Å². The maximum Gasteiger partial charge on any atom is 0.0291 e. The van der Waals surface area contributed by atoms with Gasteiger partial charge in [0, 0.05) is 6.04 Å². The summed E-state index contributed by atoms with van der Waals surface area (Å²) in [6.07, 6.45) is 3.07. The topological polar surface area (TPSA) is 52.0 Å². The quantitative estimate of drug-likeness (QED) is 0.467. The van der Waals surface area contributed by atoms with Crippen LogP contribution in [-0.4, -0.2) is 12.6 Å². The molecule has 0 fully saturated rings. The molecule has 0 aromatic heterocycles. The third-order valence-electron chi connectivity index (χ3n) is 1.97. The van der Waals surface area contributed by atoms with E-state index in [4.69, 9.17) is 11.5 Å². The second kappa shape index (κ2) is 5.98. The summed E-state index contributed by atoms with van der Waals surface area (Å²) in [5, 5.41) is 0. The second-order valence-corrected chi connectivity index (χ2v) is 3.20. The molecule has 0 heterocycles. The fourth-order valence-electron chi connectivity index (χ4n) is 0.999. The average molecular weight is 168 g/mol. The molecular weight excluding hydrogens is 148 g/mol. The van der Waals surface area contributed by atoms with Crippen LogP contribution < -0.4 is 11.5 Å². The molecule has 0 saturated heterocycles. The van der Waals surface area contributed by atoms with E-state index in [-0.39, 0.29) is 6.04 Å². The lowest BCUT2D eigenvalue weighted by Gasteiger charge is -2.13. The Kier molecular flexibility index (Phi) is 5.68. The molecule has 4 N–H and O–H groups in total.